The average molecular weight is 440 g/mol. The zero-order valence-corrected chi connectivity index (χ0v) is 18.1. The molecule has 2 atom stereocenters. The van der Waals surface area contributed by atoms with Crippen LogP contribution >= 0.6 is 0 Å². The summed E-state index contributed by atoms with van der Waals surface area (Å²) >= 11 is 0. The summed E-state index contributed by atoms with van der Waals surface area (Å²) in [6.45, 7) is 4.37. The molecule has 1 aliphatic heterocycles. The number of rotatable bonds is 6. The minimum atomic E-state index is -1.27. The molecule has 2 unspecified atom stereocenters. The smallest absolute Gasteiger partial charge is 0.307 e. The van der Waals surface area contributed by atoms with Crippen molar-refractivity contribution >= 4 is 27.7 Å². The predicted molar refractivity (Wildman–Crippen MR) is 119 cm³/mol. The van der Waals surface area contributed by atoms with Crippen molar-refractivity contribution in [2.24, 2.45) is 0 Å². The molecule has 7 heteroatoms. The summed E-state index contributed by atoms with van der Waals surface area (Å²) in [5.41, 5.74) is 3.03. The van der Waals surface area contributed by atoms with Crippen LogP contribution in [0.4, 0.5) is 0 Å². The molecule has 0 saturated carbocycles. The number of benzene rings is 3. The van der Waals surface area contributed by atoms with Crippen LogP contribution in [0.5, 0.6) is 0 Å². The first-order valence-corrected chi connectivity index (χ1v) is 11.3. The zero-order valence-electron chi connectivity index (χ0n) is 17.3. The van der Waals surface area contributed by atoms with Gasteiger partial charge >= 0.3 is 5.97 Å². The summed E-state index contributed by atoms with van der Waals surface area (Å²) in [6.07, 6.45) is -1.04. The molecule has 0 spiro atoms. The van der Waals surface area contributed by atoms with E-state index in [0.29, 0.717) is 47.9 Å². The van der Waals surface area contributed by atoms with Gasteiger partial charge in [0.25, 0.3) is 0 Å². The summed E-state index contributed by atoms with van der Waals surface area (Å²) in [6, 6.07) is 16.7. The molecule has 4 rings (SSSR count). The van der Waals surface area contributed by atoms with Crippen molar-refractivity contribution in [3.8, 4) is 0 Å². The number of nitrogens with zero attached hydrogens (tertiary/aromatic N) is 1. The van der Waals surface area contributed by atoms with Crippen molar-refractivity contribution in [2.75, 3.05) is 26.3 Å². The van der Waals surface area contributed by atoms with Crippen molar-refractivity contribution < 1.29 is 24.0 Å². The second-order valence-corrected chi connectivity index (χ2v) is 9.23. The van der Waals surface area contributed by atoms with Gasteiger partial charge in [0.15, 0.2) is 0 Å². The summed E-state index contributed by atoms with van der Waals surface area (Å²) in [5, 5.41) is 22.2. The lowest BCUT2D eigenvalue weighted by molar-refractivity contribution is -0.136. The number of hydrogen-bond donors (Lipinski definition) is 2. The van der Waals surface area contributed by atoms with Crippen LogP contribution < -0.4 is 0 Å². The van der Waals surface area contributed by atoms with Crippen LogP contribution in [0.2, 0.25) is 0 Å². The van der Waals surface area contributed by atoms with Gasteiger partial charge in [-0.15, -0.1) is 0 Å². The highest BCUT2D eigenvalue weighted by molar-refractivity contribution is 7.82. The van der Waals surface area contributed by atoms with Crippen molar-refractivity contribution in [3.63, 3.8) is 0 Å². The Morgan fingerprint density at radius 1 is 1.10 bits per heavy atom. The topological polar surface area (TPSA) is 87.1 Å². The fraction of sp³-hybridized carbons (Fsp3) is 0.292. The number of ether oxygens (including phenoxy) is 1. The van der Waals surface area contributed by atoms with E-state index in [1.807, 2.05) is 35.5 Å². The van der Waals surface area contributed by atoms with Crippen LogP contribution in [0, 0.1) is 6.92 Å². The highest BCUT2D eigenvalue weighted by Crippen LogP contribution is 2.32. The molecular formula is C24H25NO5S. The molecule has 162 valence electrons. The van der Waals surface area contributed by atoms with Crippen molar-refractivity contribution in [2.45, 2.75) is 24.3 Å². The largest absolute Gasteiger partial charge is 0.481 e. The van der Waals surface area contributed by atoms with Crippen LogP contribution in [-0.4, -0.2) is 51.0 Å². The van der Waals surface area contributed by atoms with Gasteiger partial charge in [-0.2, -0.15) is 0 Å². The number of aryl methyl sites for hydroxylation is 1. The molecule has 3 aromatic rings. The van der Waals surface area contributed by atoms with Crippen LogP contribution in [0.25, 0.3) is 10.8 Å². The van der Waals surface area contributed by atoms with E-state index in [2.05, 4.69) is 0 Å². The Labute approximate surface area is 183 Å². The van der Waals surface area contributed by atoms with E-state index in [9.17, 15) is 19.2 Å². The lowest BCUT2D eigenvalue weighted by atomic mass is 9.92. The number of morpholine rings is 1. The third kappa shape index (κ3) is 4.85. The van der Waals surface area contributed by atoms with Crippen LogP contribution in [0.15, 0.2) is 59.5 Å². The van der Waals surface area contributed by atoms with Gasteiger partial charge in [-0.1, -0.05) is 48.0 Å². The van der Waals surface area contributed by atoms with Crippen molar-refractivity contribution in [1.82, 2.24) is 4.31 Å². The van der Waals surface area contributed by atoms with Gasteiger partial charge in [-0.05, 0) is 46.5 Å². The first kappa shape index (κ1) is 21.6. The standard InChI is InChI=1S/C24H25NO5S/c1-16-2-3-19-13-17(15-23(26)27)14-22(21(19)12-16)24(28)18-4-6-20(7-5-18)31(29)25-8-10-30-11-9-25/h2-7,12-14,24,28H,8-11,15H2,1H3,(H,26,27). The van der Waals surface area contributed by atoms with Crippen LogP contribution in [0.1, 0.15) is 28.4 Å². The Morgan fingerprint density at radius 2 is 1.81 bits per heavy atom. The molecule has 1 saturated heterocycles. The number of carboxylic acids is 1. The SMILES string of the molecule is Cc1ccc2cc(CC(=O)O)cc(C(O)c3ccc(S(=O)N4CCOCC4)cc3)c2c1. The number of carbonyl (C=O) groups is 1. The number of aliphatic carboxylic acids is 1. The Morgan fingerprint density at radius 3 is 2.48 bits per heavy atom. The highest BCUT2D eigenvalue weighted by atomic mass is 32.2. The predicted octanol–water partition coefficient (Wildman–Crippen LogP) is 3.21. The fourth-order valence-electron chi connectivity index (χ4n) is 3.88. The Hall–Kier alpha value is -2.58. The normalized spacial score (nSPS) is 16.8. The molecular weight excluding hydrogens is 414 g/mol. The van der Waals surface area contributed by atoms with Gasteiger partial charge in [0, 0.05) is 13.1 Å². The molecule has 1 heterocycles. The summed E-state index contributed by atoms with van der Waals surface area (Å²) in [7, 11) is -1.27. The number of fused-ring (bicyclic) bond motifs is 1. The Kier molecular flexibility index (Phi) is 6.48. The second-order valence-electron chi connectivity index (χ2n) is 7.74. The monoisotopic (exact) mass is 439 g/mol. The first-order valence-electron chi connectivity index (χ1n) is 10.2. The van der Waals surface area contributed by atoms with Crippen molar-refractivity contribution in [1.29, 1.82) is 0 Å². The molecule has 6 nitrogen and oxygen atoms in total. The minimum absolute atomic E-state index is 0.110. The lowest BCUT2D eigenvalue weighted by Gasteiger charge is -2.25. The lowest BCUT2D eigenvalue weighted by Crippen LogP contribution is -2.37. The quantitative estimate of drug-likeness (QED) is 0.616. The van der Waals surface area contributed by atoms with E-state index in [1.165, 1.54) is 0 Å². The first-order chi connectivity index (χ1) is 14.9. The second kappa shape index (κ2) is 9.28. The number of hydrogen-bond acceptors (Lipinski definition) is 4. The Bertz CT molecular complexity index is 1120. The molecule has 31 heavy (non-hydrogen) atoms. The molecule has 3 aromatic carbocycles. The maximum atomic E-state index is 12.8. The maximum Gasteiger partial charge on any atom is 0.307 e. The maximum absolute atomic E-state index is 12.8. The van der Waals surface area contributed by atoms with Crippen LogP contribution in [0.3, 0.4) is 0 Å². The summed E-state index contributed by atoms with van der Waals surface area (Å²) < 4.78 is 20.0. The van der Waals surface area contributed by atoms with E-state index < -0.39 is 23.1 Å². The number of aliphatic hydroxyl groups is 1. The van der Waals surface area contributed by atoms with E-state index >= 15 is 0 Å². The van der Waals surface area contributed by atoms with E-state index in [0.717, 1.165) is 16.3 Å². The van der Waals surface area contributed by atoms with E-state index in [4.69, 9.17) is 4.74 Å². The average Bonchev–Trinajstić information content (AvgIpc) is 2.78. The zero-order chi connectivity index (χ0) is 22.0. The van der Waals surface area contributed by atoms with Gasteiger partial charge in [0.1, 0.15) is 17.1 Å². The molecule has 0 amide bonds. The highest BCUT2D eigenvalue weighted by Gasteiger charge is 2.20. The van der Waals surface area contributed by atoms with Gasteiger partial charge in [0.2, 0.25) is 0 Å². The van der Waals surface area contributed by atoms with Gasteiger partial charge in [0.05, 0.1) is 24.5 Å². The van der Waals surface area contributed by atoms with E-state index in [1.54, 1.807) is 30.3 Å². The summed E-state index contributed by atoms with van der Waals surface area (Å²) in [4.78, 5) is 11.9. The van der Waals surface area contributed by atoms with Crippen LogP contribution in [-0.2, 0) is 26.9 Å². The minimum Gasteiger partial charge on any atom is -0.481 e. The van der Waals surface area contributed by atoms with Gasteiger partial charge < -0.3 is 14.9 Å². The molecule has 1 aliphatic rings. The van der Waals surface area contributed by atoms with Crippen molar-refractivity contribution in [3.05, 3.63) is 76.9 Å². The molecule has 0 bridgehead atoms. The van der Waals surface area contributed by atoms with Gasteiger partial charge in [-0.25, -0.2) is 8.51 Å². The number of carboxylic acid groups (broad SMARTS) is 1. The molecule has 1 fully saturated rings. The summed E-state index contributed by atoms with van der Waals surface area (Å²) in [5.74, 6) is -0.915. The fourth-order valence-corrected chi connectivity index (χ4v) is 5.02. The molecule has 2 N–H and O–H groups in total. The molecule has 0 aromatic heterocycles. The molecule has 0 aliphatic carbocycles. The molecule has 0 radical (unpaired) electrons. The van der Waals surface area contributed by atoms with Gasteiger partial charge in [-0.3, -0.25) is 4.79 Å². The number of aliphatic hydroxyl groups excluding tert-OH is 1. The van der Waals surface area contributed by atoms with E-state index in [-0.39, 0.29) is 6.42 Å². The third-order valence-electron chi connectivity index (χ3n) is 5.45. The third-order valence-corrected chi connectivity index (χ3v) is 6.96. The Balaban J connectivity index is 1.66.